The van der Waals surface area contributed by atoms with Crippen LogP contribution in [0, 0.1) is 0 Å². The van der Waals surface area contributed by atoms with Crippen molar-refractivity contribution in [3.63, 3.8) is 0 Å². The zero-order valence-corrected chi connectivity index (χ0v) is 13.3. The standard InChI is InChI=1S/C15H11ClF3N3O3/c16-8-1-3-9(4-2-8)22-10(5-6-12(22)23)13(24)21-14-20-11(7-25-14)15(17,18)19/h1-4,7,10H,5-6H2,(H,20,21,24). The Labute approximate surface area is 144 Å². The van der Waals surface area contributed by atoms with Crippen molar-refractivity contribution < 1.29 is 27.2 Å². The van der Waals surface area contributed by atoms with Crippen LogP contribution in [-0.4, -0.2) is 22.8 Å². The Morgan fingerprint density at radius 1 is 1.32 bits per heavy atom. The highest BCUT2D eigenvalue weighted by molar-refractivity contribution is 6.30. The van der Waals surface area contributed by atoms with Crippen molar-refractivity contribution in [1.82, 2.24) is 4.98 Å². The second-order valence-corrected chi connectivity index (χ2v) is 5.76. The SMILES string of the molecule is O=C(Nc1nc(C(F)(F)F)co1)C1CCC(=O)N1c1ccc(Cl)cc1. The molecule has 6 nitrogen and oxygen atoms in total. The monoisotopic (exact) mass is 373 g/mol. The molecule has 1 N–H and O–H groups in total. The number of hydrogen-bond donors (Lipinski definition) is 1. The van der Waals surface area contributed by atoms with Gasteiger partial charge in [-0.15, -0.1) is 0 Å². The van der Waals surface area contributed by atoms with Crippen LogP contribution in [0.15, 0.2) is 34.9 Å². The Balaban J connectivity index is 1.77. The first-order valence-electron chi connectivity index (χ1n) is 7.17. The smallest absolute Gasteiger partial charge is 0.431 e. The maximum absolute atomic E-state index is 12.5. The fourth-order valence-corrected chi connectivity index (χ4v) is 2.63. The van der Waals surface area contributed by atoms with E-state index in [1.54, 1.807) is 24.3 Å². The maximum atomic E-state index is 12.5. The van der Waals surface area contributed by atoms with Crippen LogP contribution in [0.25, 0.3) is 0 Å². The van der Waals surface area contributed by atoms with Crippen molar-refractivity contribution in [2.45, 2.75) is 25.1 Å². The van der Waals surface area contributed by atoms with E-state index in [0.29, 0.717) is 17.0 Å². The van der Waals surface area contributed by atoms with Crippen LogP contribution in [0.5, 0.6) is 0 Å². The minimum atomic E-state index is -4.68. The third kappa shape index (κ3) is 3.60. The highest BCUT2D eigenvalue weighted by Gasteiger charge is 2.39. The third-order valence-electron chi connectivity index (χ3n) is 3.64. The van der Waals surface area contributed by atoms with E-state index >= 15 is 0 Å². The van der Waals surface area contributed by atoms with E-state index in [-0.39, 0.29) is 18.7 Å². The summed E-state index contributed by atoms with van der Waals surface area (Å²) in [6, 6.07) is 4.85. The topological polar surface area (TPSA) is 75.4 Å². The van der Waals surface area contributed by atoms with Crippen molar-refractivity contribution in [3.8, 4) is 0 Å². The van der Waals surface area contributed by atoms with Gasteiger partial charge in [0.05, 0.1) is 0 Å². The van der Waals surface area contributed by atoms with Gasteiger partial charge in [-0.3, -0.25) is 19.8 Å². The van der Waals surface area contributed by atoms with Crippen LogP contribution in [0.2, 0.25) is 5.02 Å². The zero-order valence-electron chi connectivity index (χ0n) is 12.5. The molecule has 1 aromatic heterocycles. The Morgan fingerprint density at radius 2 is 2.00 bits per heavy atom. The predicted molar refractivity (Wildman–Crippen MR) is 82.1 cm³/mol. The summed E-state index contributed by atoms with van der Waals surface area (Å²) in [4.78, 5) is 28.9. The molecule has 0 spiro atoms. The Bertz CT molecular complexity index is 804. The summed E-state index contributed by atoms with van der Waals surface area (Å²) in [6.45, 7) is 0. The number of halogens is 4. The van der Waals surface area contributed by atoms with Gasteiger partial charge in [-0.2, -0.15) is 18.2 Å². The lowest BCUT2D eigenvalue weighted by Crippen LogP contribution is -2.41. The number of benzene rings is 1. The Morgan fingerprint density at radius 3 is 2.60 bits per heavy atom. The van der Waals surface area contributed by atoms with Crippen LogP contribution in [-0.2, 0) is 15.8 Å². The summed E-state index contributed by atoms with van der Waals surface area (Å²) in [5.74, 6) is -0.956. The van der Waals surface area contributed by atoms with Crippen molar-refractivity contribution in [1.29, 1.82) is 0 Å². The first-order valence-corrected chi connectivity index (χ1v) is 7.55. The van der Waals surface area contributed by atoms with Gasteiger partial charge >= 0.3 is 12.2 Å². The average Bonchev–Trinajstić information content (AvgIpc) is 3.15. The maximum Gasteiger partial charge on any atom is 0.436 e. The van der Waals surface area contributed by atoms with Crippen molar-refractivity contribution in [2.75, 3.05) is 10.2 Å². The molecule has 2 aromatic rings. The van der Waals surface area contributed by atoms with Gasteiger partial charge in [0.2, 0.25) is 5.91 Å². The number of carbonyl (C=O) groups excluding carboxylic acids is 2. The normalized spacial score (nSPS) is 17.8. The molecule has 1 fully saturated rings. The molecule has 25 heavy (non-hydrogen) atoms. The van der Waals surface area contributed by atoms with Gasteiger partial charge in [-0.05, 0) is 30.7 Å². The molecule has 2 heterocycles. The van der Waals surface area contributed by atoms with E-state index in [1.807, 2.05) is 0 Å². The lowest BCUT2D eigenvalue weighted by molar-refractivity contribution is -0.141. The summed E-state index contributed by atoms with van der Waals surface area (Å²) in [5, 5.41) is 2.64. The molecule has 2 amide bonds. The predicted octanol–water partition coefficient (Wildman–Crippen LogP) is 3.48. The van der Waals surface area contributed by atoms with Gasteiger partial charge < -0.3 is 4.42 Å². The number of nitrogens with one attached hydrogen (secondary N) is 1. The van der Waals surface area contributed by atoms with Crippen LogP contribution >= 0.6 is 11.6 Å². The first-order chi connectivity index (χ1) is 11.8. The van der Waals surface area contributed by atoms with E-state index in [1.165, 1.54) is 4.90 Å². The van der Waals surface area contributed by atoms with Crippen LogP contribution < -0.4 is 10.2 Å². The van der Waals surface area contributed by atoms with Crippen molar-refractivity contribution >= 4 is 35.1 Å². The quantitative estimate of drug-likeness (QED) is 0.893. The summed E-state index contributed by atoms with van der Waals surface area (Å²) in [7, 11) is 0. The molecular formula is C15H11ClF3N3O3. The molecule has 1 aliphatic heterocycles. The first kappa shape index (κ1) is 17.3. The number of hydrogen-bond acceptors (Lipinski definition) is 4. The van der Waals surface area contributed by atoms with Gasteiger partial charge in [0.15, 0.2) is 5.69 Å². The second-order valence-electron chi connectivity index (χ2n) is 5.32. The molecule has 1 saturated heterocycles. The third-order valence-corrected chi connectivity index (χ3v) is 3.90. The minimum Gasteiger partial charge on any atom is -0.431 e. The van der Waals surface area contributed by atoms with Crippen LogP contribution in [0.1, 0.15) is 18.5 Å². The van der Waals surface area contributed by atoms with Crippen LogP contribution in [0.3, 0.4) is 0 Å². The van der Waals surface area contributed by atoms with Gasteiger partial charge in [0.25, 0.3) is 5.91 Å². The molecule has 0 aliphatic carbocycles. The van der Waals surface area contributed by atoms with Crippen LogP contribution in [0.4, 0.5) is 24.9 Å². The molecule has 0 bridgehead atoms. The fraction of sp³-hybridized carbons (Fsp3) is 0.267. The largest absolute Gasteiger partial charge is 0.436 e. The van der Waals surface area contributed by atoms with Gasteiger partial charge in [0.1, 0.15) is 12.3 Å². The molecule has 10 heteroatoms. The highest BCUT2D eigenvalue weighted by Crippen LogP contribution is 2.31. The Hall–Kier alpha value is -2.55. The number of nitrogens with zero attached hydrogens (tertiary/aromatic N) is 2. The number of rotatable bonds is 3. The van der Waals surface area contributed by atoms with E-state index < -0.39 is 29.8 Å². The zero-order chi connectivity index (χ0) is 18.2. The molecule has 1 unspecified atom stereocenters. The van der Waals surface area contributed by atoms with E-state index in [0.717, 1.165) is 0 Å². The molecule has 0 radical (unpaired) electrons. The van der Waals surface area contributed by atoms with Gasteiger partial charge in [-0.25, -0.2) is 0 Å². The lowest BCUT2D eigenvalue weighted by atomic mass is 10.2. The summed E-state index contributed by atoms with van der Waals surface area (Å²) < 4.78 is 42.1. The summed E-state index contributed by atoms with van der Waals surface area (Å²) in [6.07, 6.45) is -3.91. The number of aromatic nitrogens is 1. The second kappa shape index (κ2) is 6.40. The number of amides is 2. The van der Waals surface area contributed by atoms with E-state index in [9.17, 15) is 22.8 Å². The highest BCUT2D eigenvalue weighted by atomic mass is 35.5. The molecule has 1 atom stereocenters. The number of oxazole rings is 1. The molecule has 3 rings (SSSR count). The lowest BCUT2D eigenvalue weighted by Gasteiger charge is -2.23. The van der Waals surface area contributed by atoms with E-state index in [4.69, 9.17) is 11.6 Å². The fourth-order valence-electron chi connectivity index (χ4n) is 2.51. The Kier molecular flexibility index (Phi) is 4.42. The van der Waals surface area contributed by atoms with Crippen molar-refractivity contribution in [3.05, 3.63) is 41.2 Å². The molecule has 1 aromatic carbocycles. The molecule has 0 saturated carbocycles. The molecule has 132 valence electrons. The van der Waals surface area contributed by atoms with E-state index in [2.05, 4.69) is 14.7 Å². The number of carbonyl (C=O) groups is 2. The minimum absolute atomic E-state index is 0.139. The van der Waals surface area contributed by atoms with Gasteiger partial charge in [0, 0.05) is 17.1 Å². The van der Waals surface area contributed by atoms with Gasteiger partial charge in [-0.1, -0.05) is 11.6 Å². The molecule has 1 aliphatic rings. The summed E-state index contributed by atoms with van der Waals surface area (Å²) in [5.41, 5.74) is -0.782. The summed E-state index contributed by atoms with van der Waals surface area (Å²) >= 11 is 5.80. The number of alkyl halides is 3. The average molecular weight is 374 g/mol. The number of anilines is 2. The van der Waals surface area contributed by atoms with Crippen molar-refractivity contribution in [2.24, 2.45) is 0 Å². The molecular weight excluding hydrogens is 363 g/mol.